The first-order chi connectivity index (χ1) is 26.4. The van der Waals surface area contributed by atoms with Gasteiger partial charge in [0.2, 0.25) is 0 Å². The van der Waals surface area contributed by atoms with Gasteiger partial charge >= 0.3 is 0 Å². The second-order valence-electron chi connectivity index (χ2n) is 14.7. The Morgan fingerprint density at radius 3 is 0.759 bits per heavy atom. The number of nitrogens with two attached hydrogens (primary N) is 2. The van der Waals surface area contributed by atoms with Gasteiger partial charge in [-0.25, -0.2) is 0 Å². The van der Waals surface area contributed by atoms with Crippen molar-refractivity contribution < 1.29 is 0 Å². The summed E-state index contributed by atoms with van der Waals surface area (Å²) in [6.07, 6.45) is 0. The molecule has 0 aromatic heterocycles. The third kappa shape index (κ3) is 5.02. The van der Waals surface area contributed by atoms with Crippen molar-refractivity contribution in [2.75, 3.05) is 11.5 Å². The van der Waals surface area contributed by atoms with Gasteiger partial charge in [0.15, 0.2) is 0 Å². The zero-order valence-electron chi connectivity index (χ0n) is 30.6. The van der Waals surface area contributed by atoms with Crippen LogP contribution in [0, 0.1) is 13.8 Å². The summed E-state index contributed by atoms with van der Waals surface area (Å²) in [7, 11) is 0. The molecule has 2 aliphatic rings. The minimum absolute atomic E-state index is 0.269. The maximum absolute atomic E-state index is 6.00. The van der Waals surface area contributed by atoms with Crippen LogP contribution in [0.15, 0.2) is 194 Å². The van der Waals surface area contributed by atoms with Crippen molar-refractivity contribution >= 4 is 11.4 Å². The van der Waals surface area contributed by atoms with E-state index in [0.29, 0.717) is 0 Å². The number of fused-ring (bicyclic) bond motifs is 6. The fraction of sp³-hybridized carbons (Fsp3) is 0.0769. The van der Waals surface area contributed by atoms with Crippen LogP contribution in [-0.4, -0.2) is 0 Å². The van der Waals surface area contributed by atoms with Gasteiger partial charge in [0, 0.05) is 11.4 Å². The van der Waals surface area contributed by atoms with E-state index in [0.717, 1.165) is 11.4 Å². The summed E-state index contributed by atoms with van der Waals surface area (Å²) in [5.74, 6) is 0. The van der Waals surface area contributed by atoms with Gasteiger partial charge < -0.3 is 11.5 Å². The lowest BCUT2D eigenvalue weighted by atomic mass is 9.67. The molecule has 8 aromatic rings. The molecule has 0 unspecified atom stereocenters. The van der Waals surface area contributed by atoms with Crippen LogP contribution in [0.4, 0.5) is 11.4 Å². The van der Waals surface area contributed by atoms with Crippen LogP contribution >= 0.6 is 0 Å². The van der Waals surface area contributed by atoms with Crippen LogP contribution in [0.1, 0.15) is 55.6 Å². The molecular weight excluding hydrogens is 653 g/mol. The Morgan fingerprint density at radius 2 is 0.500 bits per heavy atom. The summed E-state index contributed by atoms with van der Waals surface area (Å²) >= 11 is 0. The van der Waals surface area contributed by atoms with E-state index in [1.165, 1.54) is 77.9 Å². The molecule has 54 heavy (non-hydrogen) atoms. The number of hydrogen-bond acceptors (Lipinski definition) is 2. The average Bonchev–Trinajstić information content (AvgIpc) is 3.68. The molecule has 0 saturated heterocycles. The van der Waals surface area contributed by atoms with E-state index in [1.54, 1.807) is 0 Å². The minimum Gasteiger partial charge on any atom is -0.399 e. The number of anilines is 2. The molecule has 0 saturated carbocycles. The lowest BCUT2D eigenvalue weighted by molar-refractivity contribution is 0.767. The molecule has 0 heterocycles. The molecule has 2 aliphatic carbocycles. The number of rotatable bonds is 4. The Labute approximate surface area is 318 Å². The molecule has 260 valence electrons. The van der Waals surface area contributed by atoms with Gasteiger partial charge in [-0.2, -0.15) is 0 Å². The lowest BCUT2D eigenvalue weighted by Crippen LogP contribution is -2.28. The fourth-order valence-corrected chi connectivity index (χ4v) is 9.12. The predicted octanol–water partition coefficient (Wildman–Crippen LogP) is 11.9. The Balaban J connectivity index is 0.000000142. The first-order valence-corrected chi connectivity index (χ1v) is 18.7. The van der Waals surface area contributed by atoms with E-state index in [-0.39, 0.29) is 10.8 Å². The standard InChI is InChI=1S/C27H22.C25H20N2/c1-19-11-15-21(16-12-19)27(22-17-13-20(2)14-18-22)25-9-5-3-7-23(25)24-8-4-6-10-26(24)27;26-19-13-9-17(10-14-19)25(18-11-15-20(27)16-12-18)23-7-3-1-5-21(23)22-6-2-4-8-24(22)25/h3-18H,1-2H3;1-16H,26-27H2. The molecule has 0 fully saturated rings. The maximum atomic E-state index is 6.00. The van der Waals surface area contributed by atoms with Crippen molar-refractivity contribution in [2.24, 2.45) is 0 Å². The largest absolute Gasteiger partial charge is 0.399 e. The smallest absolute Gasteiger partial charge is 0.0713 e. The summed E-state index contributed by atoms with van der Waals surface area (Å²) in [4.78, 5) is 0. The van der Waals surface area contributed by atoms with E-state index in [2.05, 4.69) is 184 Å². The molecule has 0 radical (unpaired) electrons. The molecule has 0 aliphatic heterocycles. The number of hydrogen-bond donors (Lipinski definition) is 2. The lowest BCUT2D eigenvalue weighted by Gasteiger charge is -2.34. The first-order valence-electron chi connectivity index (χ1n) is 18.7. The summed E-state index contributed by atoms with van der Waals surface area (Å²) in [6.45, 7) is 4.30. The summed E-state index contributed by atoms with van der Waals surface area (Å²) in [5.41, 5.74) is 31.1. The summed E-state index contributed by atoms with van der Waals surface area (Å²) in [6, 6.07) is 69.8. The maximum Gasteiger partial charge on any atom is 0.0713 e. The Kier molecular flexibility index (Phi) is 8.05. The Morgan fingerprint density at radius 1 is 0.278 bits per heavy atom. The quantitative estimate of drug-likeness (QED) is 0.180. The van der Waals surface area contributed by atoms with Crippen LogP contribution in [0.3, 0.4) is 0 Å². The van der Waals surface area contributed by atoms with Crippen LogP contribution in [0.5, 0.6) is 0 Å². The van der Waals surface area contributed by atoms with Crippen molar-refractivity contribution in [3.63, 3.8) is 0 Å². The molecule has 0 amide bonds. The van der Waals surface area contributed by atoms with Gasteiger partial charge in [-0.1, -0.05) is 181 Å². The van der Waals surface area contributed by atoms with E-state index < -0.39 is 0 Å². The second kappa shape index (κ2) is 13.1. The van der Waals surface area contributed by atoms with Gasteiger partial charge in [-0.15, -0.1) is 0 Å². The molecule has 0 atom stereocenters. The van der Waals surface area contributed by atoms with Crippen LogP contribution in [-0.2, 0) is 10.8 Å². The topological polar surface area (TPSA) is 52.0 Å². The van der Waals surface area contributed by atoms with Crippen molar-refractivity contribution in [2.45, 2.75) is 24.7 Å². The number of nitrogen functional groups attached to an aromatic ring is 2. The van der Waals surface area contributed by atoms with Crippen LogP contribution < -0.4 is 11.5 Å². The molecular formula is C52H42N2. The SMILES string of the molecule is Cc1ccc(C2(c3ccc(C)cc3)c3ccccc3-c3ccccc32)cc1.Nc1ccc(C2(c3ccc(N)cc3)c3ccccc3-c3ccccc32)cc1. The van der Waals surface area contributed by atoms with E-state index in [1.807, 2.05) is 24.3 Å². The molecule has 4 N–H and O–H groups in total. The molecule has 8 aromatic carbocycles. The molecule has 0 bridgehead atoms. The van der Waals surface area contributed by atoms with E-state index in [9.17, 15) is 0 Å². The number of aryl methyl sites for hydroxylation is 2. The van der Waals surface area contributed by atoms with Gasteiger partial charge in [0.25, 0.3) is 0 Å². The Hall–Kier alpha value is -6.64. The van der Waals surface area contributed by atoms with Gasteiger partial charge in [0.05, 0.1) is 10.8 Å². The number of benzene rings is 8. The average molecular weight is 695 g/mol. The highest BCUT2D eigenvalue weighted by Crippen LogP contribution is 2.57. The van der Waals surface area contributed by atoms with E-state index in [4.69, 9.17) is 11.5 Å². The first kappa shape index (κ1) is 33.2. The third-order valence-corrected chi connectivity index (χ3v) is 11.6. The highest BCUT2D eigenvalue weighted by molar-refractivity contribution is 5.87. The summed E-state index contributed by atoms with van der Waals surface area (Å²) in [5, 5.41) is 0. The van der Waals surface area contributed by atoms with Crippen molar-refractivity contribution in [3.05, 3.63) is 250 Å². The molecule has 10 rings (SSSR count). The normalized spacial score (nSPS) is 13.8. The monoisotopic (exact) mass is 694 g/mol. The molecule has 2 heteroatoms. The van der Waals surface area contributed by atoms with Gasteiger partial charge in [-0.3, -0.25) is 0 Å². The fourth-order valence-electron chi connectivity index (χ4n) is 9.12. The molecule has 0 spiro atoms. The van der Waals surface area contributed by atoms with Crippen molar-refractivity contribution in [3.8, 4) is 22.3 Å². The predicted molar refractivity (Wildman–Crippen MR) is 226 cm³/mol. The van der Waals surface area contributed by atoms with Crippen molar-refractivity contribution in [1.82, 2.24) is 0 Å². The zero-order valence-corrected chi connectivity index (χ0v) is 30.6. The highest BCUT2D eigenvalue weighted by Gasteiger charge is 2.47. The van der Waals surface area contributed by atoms with E-state index >= 15 is 0 Å². The second-order valence-corrected chi connectivity index (χ2v) is 14.7. The third-order valence-electron chi connectivity index (χ3n) is 11.6. The minimum atomic E-state index is -0.380. The Bertz CT molecular complexity index is 2240. The van der Waals surface area contributed by atoms with Crippen molar-refractivity contribution in [1.29, 1.82) is 0 Å². The molecule has 2 nitrogen and oxygen atoms in total. The van der Waals surface area contributed by atoms with Gasteiger partial charge in [0.1, 0.15) is 0 Å². The summed E-state index contributed by atoms with van der Waals surface area (Å²) < 4.78 is 0. The highest BCUT2D eigenvalue weighted by atomic mass is 14.6. The van der Waals surface area contributed by atoms with Gasteiger partial charge in [-0.05, 0) is 105 Å². The zero-order chi connectivity index (χ0) is 36.9. The van der Waals surface area contributed by atoms with Crippen LogP contribution in [0.25, 0.3) is 22.3 Å². The van der Waals surface area contributed by atoms with Crippen LogP contribution in [0.2, 0.25) is 0 Å².